The summed E-state index contributed by atoms with van der Waals surface area (Å²) in [6, 6.07) is 22.2. The van der Waals surface area contributed by atoms with E-state index in [1.165, 1.54) is 0 Å². The summed E-state index contributed by atoms with van der Waals surface area (Å²) in [4.78, 5) is 12.0. The van der Waals surface area contributed by atoms with E-state index in [2.05, 4.69) is 45.0 Å². The average molecular weight is 337 g/mol. The first-order valence-electron chi connectivity index (χ1n) is 8.05. The van der Waals surface area contributed by atoms with Crippen LogP contribution in [0.5, 0.6) is 0 Å². The standard InChI is InChI=1S/C20H23NO2Si/c1-20(2,3)24(18-10-6-4-7-11-18,19-12-8-5-9-13-19)23-16-17(22)14-15-21/h4-13H,14,16H2,1-3H3. The molecule has 0 heterocycles. The minimum atomic E-state index is -2.67. The van der Waals surface area contributed by atoms with Gasteiger partial charge in [-0.2, -0.15) is 5.26 Å². The van der Waals surface area contributed by atoms with Crippen molar-refractivity contribution in [3.05, 3.63) is 60.7 Å². The van der Waals surface area contributed by atoms with Gasteiger partial charge in [-0.25, -0.2) is 0 Å². The highest BCUT2D eigenvalue weighted by atomic mass is 28.4. The fourth-order valence-corrected chi connectivity index (χ4v) is 7.62. The zero-order valence-electron chi connectivity index (χ0n) is 14.5. The lowest BCUT2D eigenvalue weighted by Crippen LogP contribution is -2.67. The molecule has 0 saturated carbocycles. The highest BCUT2D eigenvalue weighted by Crippen LogP contribution is 2.36. The quantitative estimate of drug-likeness (QED) is 0.761. The van der Waals surface area contributed by atoms with Crippen LogP contribution < -0.4 is 10.4 Å². The highest BCUT2D eigenvalue weighted by Gasteiger charge is 2.50. The van der Waals surface area contributed by atoms with E-state index in [9.17, 15) is 4.79 Å². The van der Waals surface area contributed by atoms with Crippen molar-refractivity contribution in [2.24, 2.45) is 0 Å². The summed E-state index contributed by atoms with van der Waals surface area (Å²) < 4.78 is 6.42. The Kier molecular flexibility index (Phi) is 5.71. The van der Waals surface area contributed by atoms with Gasteiger partial charge in [-0.3, -0.25) is 4.79 Å². The fraction of sp³-hybridized carbons (Fsp3) is 0.300. The molecule has 4 heteroatoms. The largest absolute Gasteiger partial charge is 0.400 e. The second kappa shape index (κ2) is 7.56. The molecule has 0 saturated heterocycles. The van der Waals surface area contributed by atoms with Crippen LogP contribution in [0.4, 0.5) is 0 Å². The van der Waals surface area contributed by atoms with Gasteiger partial charge in [-0.1, -0.05) is 81.4 Å². The Hall–Kier alpha value is -2.22. The van der Waals surface area contributed by atoms with Gasteiger partial charge in [-0.05, 0) is 15.4 Å². The van der Waals surface area contributed by atoms with E-state index in [0.717, 1.165) is 10.4 Å². The normalized spacial score (nSPS) is 11.8. The molecular formula is C20H23NO2Si. The third-order valence-electron chi connectivity index (χ3n) is 4.14. The SMILES string of the molecule is CC(C)(C)[Si](OCC(=O)CC#N)(c1ccccc1)c1ccccc1. The van der Waals surface area contributed by atoms with Crippen LogP contribution >= 0.6 is 0 Å². The van der Waals surface area contributed by atoms with E-state index in [0.29, 0.717) is 0 Å². The molecule has 0 aliphatic heterocycles. The molecule has 124 valence electrons. The zero-order valence-corrected chi connectivity index (χ0v) is 15.5. The summed E-state index contributed by atoms with van der Waals surface area (Å²) in [6.45, 7) is 6.46. The van der Waals surface area contributed by atoms with Crippen molar-refractivity contribution in [2.75, 3.05) is 6.61 Å². The molecule has 2 aromatic carbocycles. The van der Waals surface area contributed by atoms with Crippen LogP contribution in [0.3, 0.4) is 0 Å². The molecule has 0 N–H and O–H groups in total. The van der Waals surface area contributed by atoms with Crippen molar-refractivity contribution in [3.63, 3.8) is 0 Å². The van der Waals surface area contributed by atoms with Gasteiger partial charge >= 0.3 is 0 Å². The molecule has 0 atom stereocenters. The van der Waals surface area contributed by atoms with Crippen LogP contribution in [0.25, 0.3) is 0 Å². The van der Waals surface area contributed by atoms with Gasteiger partial charge in [0, 0.05) is 0 Å². The summed E-state index contributed by atoms with van der Waals surface area (Å²) in [6.07, 6.45) is -0.113. The lowest BCUT2D eigenvalue weighted by atomic mass is 10.2. The molecule has 0 amide bonds. The lowest BCUT2D eigenvalue weighted by Gasteiger charge is -2.42. The van der Waals surface area contributed by atoms with Gasteiger partial charge in [-0.15, -0.1) is 0 Å². The topological polar surface area (TPSA) is 50.1 Å². The molecular weight excluding hydrogens is 314 g/mol. The van der Waals surface area contributed by atoms with Gasteiger partial charge < -0.3 is 4.43 Å². The first-order chi connectivity index (χ1) is 11.4. The van der Waals surface area contributed by atoms with Crippen molar-refractivity contribution in [1.82, 2.24) is 0 Å². The van der Waals surface area contributed by atoms with Crippen molar-refractivity contribution in [2.45, 2.75) is 32.2 Å². The number of nitrogens with zero attached hydrogens (tertiary/aromatic N) is 1. The number of hydrogen-bond acceptors (Lipinski definition) is 3. The summed E-state index contributed by atoms with van der Waals surface area (Å²) in [5.41, 5.74) is 0. The molecule has 0 unspecified atom stereocenters. The van der Waals surface area contributed by atoms with Crippen LogP contribution in [0, 0.1) is 11.3 Å². The summed E-state index contributed by atoms with van der Waals surface area (Å²) in [7, 11) is -2.67. The maximum Gasteiger partial charge on any atom is 0.261 e. The number of rotatable bonds is 6. The molecule has 0 fully saturated rings. The van der Waals surface area contributed by atoms with E-state index in [1.54, 1.807) is 0 Å². The molecule has 0 spiro atoms. The van der Waals surface area contributed by atoms with Crippen molar-refractivity contribution in [1.29, 1.82) is 5.26 Å². The minimum Gasteiger partial charge on any atom is -0.400 e. The van der Waals surface area contributed by atoms with Crippen molar-refractivity contribution >= 4 is 24.5 Å². The molecule has 3 nitrogen and oxygen atoms in total. The number of hydrogen-bond donors (Lipinski definition) is 0. The van der Waals surface area contributed by atoms with Crippen LogP contribution in [0.1, 0.15) is 27.2 Å². The Bertz CT molecular complexity index is 675. The van der Waals surface area contributed by atoms with Crippen LogP contribution in [0.2, 0.25) is 5.04 Å². The number of Topliss-reactive ketones (excluding diaryl/α,β-unsaturated/α-hetero) is 1. The third-order valence-corrected chi connectivity index (χ3v) is 9.13. The maximum atomic E-state index is 12.0. The maximum absolute atomic E-state index is 12.0. The van der Waals surface area contributed by atoms with E-state index in [1.807, 2.05) is 42.5 Å². The first-order valence-corrected chi connectivity index (χ1v) is 9.96. The van der Waals surface area contributed by atoms with E-state index >= 15 is 0 Å². The Morgan fingerprint density at radius 3 is 1.83 bits per heavy atom. The average Bonchev–Trinajstić information content (AvgIpc) is 2.56. The predicted octanol–water partition coefficient (Wildman–Crippen LogP) is 3.05. The molecule has 0 aromatic heterocycles. The summed E-state index contributed by atoms with van der Waals surface area (Å²) in [5.74, 6) is -0.175. The zero-order chi connectivity index (χ0) is 17.6. The summed E-state index contributed by atoms with van der Waals surface area (Å²) in [5, 5.41) is 10.8. The summed E-state index contributed by atoms with van der Waals surface area (Å²) >= 11 is 0. The van der Waals surface area contributed by atoms with Gasteiger partial charge in [0.2, 0.25) is 0 Å². The fourth-order valence-electron chi connectivity index (χ4n) is 3.09. The van der Waals surface area contributed by atoms with Crippen LogP contribution in [-0.4, -0.2) is 20.7 Å². The van der Waals surface area contributed by atoms with Gasteiger partial charge in [0.25, 0.3) is 8.32 Å². The van der Waals surface area contributed by atoms with Gasteiger partial charge in [0.1, 0.15) is 0 Å². The smallest absolute Gasteiger partial charge is 0.261 e. The lowest BCUT2D eigenvalue weighted by molar-refractivity contribution is -0.120. The Morgan fingerprint density at radius 2 is 1.46 bits per heavy atom. The monoisotopic (exact) mass is 337 g/mol. The number of ketones is 1. The Balaban J connectivity index is 2.58. The second-order valence-electron chi connectivity index (χ2n) is 6.83. The molecule has 0 radical (unpaired) electrons. The molecule has 0 aliphatic carbocycles. The highest BCUT2D eigenvalue weighted by molar-refractivity contribution is 6.99. The van der Waals surface area contributed by atoms with Crippen LogP contribution in [0.15, 0.2) is 60.7 Å². The van der Waals surface area contributed by atoms with Crippen molar-refractivity contribution in [3.8, 4) is 6.07 Å². The number of nitriles is 1. The predicted molar refractivity (Wildman–Crippen MR) is 98.8 cm³/mol. The minimum absolute atomic E-state index is 0.0269. The molecule has 24 heavy (non-hydrogen) atoms. The van der Waals surface area contributed by atoms with E-state index < -0.39 is 8.32 Å². The third kappa shape index (κ3) is 3.64. The van der Waals surface area contributed by atoms with Gasteiger partial charge in [0.05, 0.1) is 19.1 Å². The molecule has 0 bridgehead atoms. The first kappa shape index (κ1) is 18.1. The second-order valence-corrected chi connectivity index (χ2v) is 11.1. The van der Waals surface area contributed by atoms with Gasteiger partial charge in [0.15, 0.2) is 5.78 Å². The Labute approximate surface area is 145 Å². The number of carbonyl (C=O) groups excluding carboxylic acids is 1. The molecule has 2 aromatic rings. The van der Waals surface area contributed by atoms with Crippen molar-refractivity contribution < 1.29 is 9.22 Å². The van der Waals surface area contributed by atoms with Crippen LogP contribution in [-0.2, 0) is 9.22 Å². The Morgan fingerprint density at radius 1 is 1.00 bits per heavy atom. The molecule has 2 rings (SSSR count). The number of benzene rings is 2. The molecule has 0 aliphatic rings. The van der Waals surface area contributed by atoms with E-state index in [4.69, 9.17) is 9.69 Å². The van der Waals surface area contributed by atoms with E-state index in [-0.39, 0.29) is 23.8 Å². The number of carbonyl (C=O) groups is 1.